The van der Waals surface area contributed by atoms with Crippen molar-refractivity contribution in [1.29, 1.82) is 0 Å². The molecule has 1 aliphatic carbocycles. The van der Waals surface area contributed by atoms with Gasteiger partial charge < -0.3 is 17.5 Å². The van der Waals surface area contributed by atoms with Gasteiger partial charge in [0.2, 0.25) is 0 Å². The monoisotopic (exact) mass is 201 g/mol. The molecule has 2 radical (unpaired) electrons. The smallest absolute Gasteiger partial charge is 0.335 e. The predicted octanol–water partition coefficient (Wildman–Crippen LogP) is 0.982. The molecule has 0 bridgehead atoms. The van der Waals surface area contributed by atoms with Crippen LogP contribution in [0.1, 0.15) is 27.9 Å². The van der Waals surface area contributed by atoms with Gasteiger partial charge in [-0.05, 0) is 11.6 Å². The van der Waals surface area contributed by atoms with E-state index in [2.05, 4.69) is 0 Å². The van der Waals surface area contributed by atoms with Crippen molar-refractivity contribution < 1.29 is 15.0 Å². The van der Waals surface area contributed by atoms with Crippen LogP contribution in [0, 0.1) is 0 Å². The standard InChI is InChI=1S/C11H10BO3/c13-10(14)6-2-1-3-8-7(6)5-12-9-4-11(8,9)15/h1-3,9,15H,4-5H2,(H,13,14)/q-1. The number of aliphatic hydroxyl groups is 1. The lowest BCUT2D eigenvalue weighted by Crippen LogP contribution is -2.22. The minimum Gasteiger partial charge on any atom is -0.478 e. The predicted molar refractivity (Wildman–Crippen MR) is 55.1 cm³/mol. The zero-order valence-electron chi connectivity index (χ0n) is 8.10. The topological polar surface area (TPSA) is 57.5 Å². The molecule has 1 aliphatic heterocycles. The van der Waals surface area contributed by atoms with E-state index in [4.69, 9.17) is 5.11 Å². The number of carbonyl (C=O) groups is 1. The Labute approximate surface area is 88.0 Å². The first-order chi connectivity index (χ1) is 7.13. The molecule has 0 aromatic heterocycles. The van der Waals surface area contributed by atoms with Crippen molar-refractivity contribution in [2.45, 2.75) is 24.2 Å². The van der Waals surface area contributed by atoms with E-state index in [-0.39, 0.29) is 5.82 Å². The Hall–Kier alpha value is -1.29. The number of fused-ring (bicyclic) bond motifs is 3. The Bertz CT molecular complexity index is 457. The molecule has 1 aromatic rings. The van der Waals surface area contributed by atoms with Crippen LogP contribution in [0.2, 0.25) is 5.82 Å². The van der Waals surface area contributed by atoms with Gasteiger partial charge in [-0.15, -0.1) is 0 Å². The minimum absolute atomic E-state index is 0.231. The molecule has 3 rings (SSSR count). The highest BCUT2D eigenvalue weighted by molar-refractivity contribution is 6.40. The van der Waals surface area contributed by atoms with Gasteiger partial charge in [-0.1, -0.05) is 24.1 Å². The minimum atomic E-state index is -0.914. The maximum atomic E-state index is 11.0. The fourth-order valence-corrected chi connectivity index (χ4v) is 2.54. The van der Waals surface area contributed by atoms with E-state index in [0.29, 0.717) is 11.9 Å². The van der Waals surface area contributed by atoms with Crippen LogP contribution in [0.3, 0.4) is 0 Å². The van der Waals surface area contributed by atoms with Gasteiger partial charge in [-0.2, -0.15) is 5.82 Å². The van der Waals surface area contributed by atoms with Crippen LogP contribution in [0.15, 0.2) is 18.2 Å². The average molecular weight is 201 g/mol. The molecule has 1 saturated carbocycles. The molecule has 1 heterocycles. The summed E-state index contributed by atoms with van der Waals surface area (Å²) in [5.74, 6) is -0.683. The number of rotatable bonds is 1. The molecular formula is C11H10BO3-. The maximum absolute atomic E-state index is 11.0. The zero-order valence-corrected chi connectivity index (χ0v) is 8.10. The summed E-state index contributed by atoms with van der Waals surface area (Å²) in [4.78, 5) is 11.0. The normalized spacial score (nSPS) is 31.7. The van der Waals surface area contributed by atoms with Crippen molar-refractivity contribution in [2.75, 3.05) is 0 Å². The number of benzene rings is 1. The van der Waals surface area contributed by atoms with Crippen molar-refractivity contribution in [3.05, 3.63) is 34.9 Å². The second-order valence-corrected chi connectivity index (χ2v) is 4.31. The van der Waals surface area contributed by atoms with Crippen LogP contribution in [0.25, 0.3) is 0 Å². The van der Waals surface area contributed by atoms with Gasteiger partial charge >= 0.3 is 5.97 Å². The molecule has 0 saturated heterocycles. The second kappa shape index (κ2) is 2.64. The van der Waals surface area contributed by atoms with Gasteiger partial charge in [0, 0.05) is 0 Å². The Kier molecular flexibility index (Phi) is 1.58. The van der Waals surface area contributed by atoms with E-state index in [9.17, 15) is 9.90 Å². The van der Waals surface area contributed by atoms with Crippen molar-refractivity contribution >= 4 is 13.2 Å². The van der Waals surface area contributed by atoms with E-state index in [1.807, 2.05) is 13.3 Å². The number of hydrogen-bond acceptors (Lipinski definition) is 2. The van der Waals surface area contributed by atoms with Crippen LogP contribution in [0.5, 0.6) is 0 Å². The first-order valence-corrected chi connectivity index (χ1v) is 5.04. The molecule has 0 amide bonds. The lowest BCUT2D eigenvalue weighted by atomic mass is 9.60. The first kappa shape index (κ1) is 8.98. The fraction of sp³-hybridized carbons (Fsp3) is 0.364. The van der Waals surface area contributed by atoms with Gasteiger partial charge in [0.1, 0.15) is 0 Å². The van der Waals surface area contributed by atoms with E-state index in [1.54, 1.807) is 12.1 Å². The van der Waals surface area contributed by atoms with Crippen LogP contribution in [-0.2, 0) is 11.9 Å². The highest BCUT2D eigenvalue weighted by atomic mass is 16.4. The van der Waals surface area contributed by atoms with E-state index in [1.165, 1.54) is 0 Å². The van der Waals surface area contributed by atoms with Crippen LogP contribution >= 0.6 is 0 Å². The molecule has 1 fully saturated rings. The summed E-state index contributed by atoms with van der Waals surface area (Å²) in [7, 11) is 2.02. The van der Waals surface area contributed by atoms with E-state index < -0.39 is 11.6 Å². The summed E-state index contributed by atoms with van der Waals surface area (Å²) in [6, 6.07) is 5.15. The fourth-order valence-electron chi connectivity index (χ4n) is 2.54. The summed E-state index contributed by atoms with van der Waals surface area (Å²) in [6.45, 7) is 0. The number of aromatic carboxylic acids is 1. The van der Waals surface area contributed by atoms with Crippen molar-refractivity contribution in [3.8, 4) is 0 Å². The third-order valence-corrected chi connectivity index (χ3v) is 3.46. The van der Waals surface area contributed by atoms with Gasteiger partial charge in [-0.3, -0.25) is 0 Å². The molecule has 15 heavy (non-hydrogen) atoms. The number of carboxylic acid groups (broad SMARTS) is 1. The third-order valence-electron chi connectivity index (χ3n) is 3.46. The van der Waals surface area contributed by atoms with Crippen LogP contribution in [-0.4, -0.2) is 23.5 Å². The molecule has 0 spiro atoms. The molecule has 2 aliphatic rings. The highest BCUT2D eigenvalue weighted by Gasteiger charge is 2.48. The molecule has 1 aromatic carbocycles. The summed E-state index contributed by atoms with van der Waals surface area (Å²) in [5, 5.41) is 19.2. The summed E-state index contributed by atoms with van der Waals surface area (Å²) < 4.78 is 0. The Morgan fingerprint density at radius 3 is 3.07 bits per heavy atom. The van der Waals surface area contributed by atoms with Crippen molar-refractivity contribution in [2.24, 2.45) is 0 Å². The van der Waals surface area contributed by atoms with Crippen LogP contribution in [0.4, 0.5) is 0 Å². The Morgan fingerprint density at radius 2 is 2.33 bits per heavy atom. The summed E-state index contributed by atoms with van der Waals surface area (Å²) >= 11 is 0. The highest BCUT2D eigenvalue weighted by Crippen LogP contribution is 2.60. The summed E-state index contributed by atoms with van der Waals surface area (Å²) in [6.07, 6.45) is 1.40. The van der Waals surface area contributed by atoms with Crippen LogP contribution < -0.4 is 0 Å². The molecular weight excluding hydrogens is 191 g/mol. The molecule has 2 unspecified atom stereocenters. The van der Waals surface area contributed by atoms with Gasteiger partial charge in [0.25, 0.3) is 0 Å². The quantitative estimate of drug-likeness (QED) is 0.666. The van der Waals surface area contributed by atoms with Crippen molar-refractivity contribution in [3.63, 3.8) is 0 Å². The lowest BCUT2D eigenvalue weighted by molar-refractivity contribution is 0.0695. The largest absolute Gasteiger partial charge is 0.478 e. The SMILES string of the molecule is O=C(O)c1cccc2c1C[B-]C1CC21O. The van der Waals surface area contributed by atoms with E-state index in [0.717, 1.165) is 17.5 Å². The van der Waals surface area contributed by atoms with Gasteiger partial charge in [0.15, 0.2) is 0 Å². The number of carboxylic acids is 1. The average Bonchev–Trinajstić information content (AvgIpc) is 2.89. The van der Waals surface area contributed by atoms with Gasteiger partial charge in [-0.25, -0.2) is 11.1 Å². The second-order valence-electron chi connectivity index (χ2n) is 4.31. The Balaban J connectivity index is 2.20. The van der Waals surface area contributed by atoms with Gasteiger partial charge in [0.05, 0.1) is 11.2 Å². The van der Waals surface area contributed by atoms with E-state index >= 15 is 0 Å². The maximum Gasteiger partial charge on any atom is 0.335 e. The molecule has 3 nitrogen and oxygen atoms in total. The Morgan fingerprint density at radius 1 is 1.53 bits per heavy atom. The van der Waals surface area contributed by atoms with Crippen molar-refractivity contribution in [1.82, 2.24) is 0 Å². The zero-order chi connectivity index (χ0) is 10.6. The molecule has 2 atom stereocenters. The first-order valence-electron chi connectivity index (χ1n) is 5.04. The molecule has 2 N–H and O–H groups in total. The lowest BCUT2D eigenvalue weighted by Gasteiger charge is -2.30. The summed E-state index contributed by atoms with van der Waals surface area (Å²) in [5.41, 5.74) is 1.15. The number of hydrogen-bond donors (Lipinski definition) is 2. The molecule has 76 valence electrons. The third kappa shape index (κ3) is 1.08. The molecule has 4 heteroatoms.